The summed E-state index contributed by atoms with van der Waals surface area (Å²) in [5.74, 6) is -2.61. The highest BCUT2D eigenvalue weighted by atomic mass is 16.4. The lowest BCUT2D eigenvalue weighted by molar-refractivity contribution is -0.146. The molecule has 0 heterocycles. The van der Waals surface area contributed by atoms with Crippen molar-refractivity contribution >= 4 is 11.9 Å². The molecule has 0 aliphatic carbocycles. The van der Waals surface area contributed by atoms with E-state index < -0.39 is 23.9 Å². The number of carbonyl (C=O) groups excluding carboxylic acids is 1. The number of hydrogen-bond donors (Lipinski definition) is 3. The largest absolute Gasteiger partial charge is 0.481 e. The number of nitrogens with two attached hydrogens (primary N) is 1. The zero-order valence-electron chi connectivity index (χ0n) is 12.5. The van der Waals surface area contributed by atoms with E-state index in [1.165, 1.54) is 32.1 Å². The van der Waals surface area contributed by atoms with Gasteiger partial charge in [-0.05, 0) is 6.42 Å². The van der Waals surface area contributed by atoms with Crippen LogP contribution < -0.4 is 5.73 Å². The van der Waals surface area contributed by atoms with E-state index in [1.54, 1.807) is 0 Å². The van der Waals surface area contributed by atoms with Gasteiger partial charge in [-0.25, -0.2) is 0 Å². The second-order valence-corrected chi connectivity index (χ2v) is 5.45. The quantitative estimate of drug-likeness (QED) is 0.453. The van der Waals surface area contributed by atoms with Gasteiger partial charge in [0, 0.05) is 0 Å². The van der Waals surface area contributed by atoms with E-state index >= 15 is 0 Å². The van der Waals surface area contributed by atoms with Crippen molar-refractivity contribution in [3.05, 3.63) is 0 Å². The van der Waals surface area contributed by atoms with E-state index in [9.17, 15) is 14.7 Å². The monoisotopic (exact) mass is 287 g/mol. The van der Waals surface area contributed by atoms with Crippen molar-refractivity contribution in [1.82, 2.24) is 0 Å². The molecule has 2 unspecified atom stereocenters. The number of primary amides is 1. The third-order valence-corrected chi connectivity index (χ3v) is 3.56. The normalized spacial score (nSPS) is 13.9. The summed E-state index contributed by atoms with van der Waals surface area (Å²) in [6.45, 7) is 2.18. The van der Waals surface area contributed by atoms with E-state index in [1.807, 2.05) is 0 Å². The van der Waals surface area contributed by atoms with Crippen molar-refractivity contribution in [3.63, 3.8) is 0 Å². The number of aliphatic carboxylic acids is 1. The van der Waals surface area contributed by atoms with E-state index in [2.05, 4.69) is 6.92 Å². The van der Waals surface area contributed by atoms with Crippen LogP contribution >= 0.6 is 0 Å². The molecule has 0 aliphatic heterocycles. The summed E-state index contributed by atoms with van der Waals surface area (Å²) >= 11 is 0. The molecule has 0 saturated carbocycles. The molecule has 0 bridgehead atoms. The van der Waals surface area contributed by atoms with E-state index in [-0.39, 0.29) is 6.42 Å². The Morgan fingerprint density at radius 2 is 1.50 bits per heavy atom. The molecule has 0 saturated heterocycles. The summed E-state index contributed by atoms with van der Waals surface area (Å²) in [4.78, 5) is 21.8. The first-order valence-corrected chi connectivity index (χ1v) is 7.68. The summed E-state index contributed by atoms with van der Waals surface area (Å²) in [5, 5.41) is 18.7. The summed E-state index contributed by atoms with van der Waals surface area (Å²) in [5.41, 5.74) is 4.97. The zero-order chi connectivity index (χ0) is 15.4. The fourth-order valence-electron chi connectivity index (χ4n) is 2.33. The second kappa shape index (κ2) is 11.7. The number of rotatable bonds is 13. The Labute approximate surface area is 121 Å². The average molecular weight is 287 g/mol. The van der Waals surface area contributed by atoms with E-state index in [4.69, 9.17) is 10.8 Å². The Kier molecular flexibility index (Phi) is 11.1. The van der Waals surface area contributed by atoms with Gasteiger partial charge < -0.3 is 15.9 Å². The van der Waals surface area contributed by atoms with Gasteiger partial charge in [-0.1, -0.05) is 58.3 Å². The molecule has 4 N–H and O–H groups in total. The van der Waals surface area contributed by atoms with Crippen LogP contribution in [0.4, 0.5) is 0 Å². The number of unbranched alkanes of at least 4 members (excludes halogenated alkanes) is 7. The maximum absolute atomic E-state index is 11.0. The lowest BCUT2D eigenvalue weighted by Gasteiger charge is -2.17. The molecule has 0 fully saturated rings. The molecule has 0 aliphatic rings. The van der Waals surface area contributed by atoms with Gasteiger partial charge in [-0.3, -0.25) is 9.59 Å². The van der Waals surface area contributed by atoms with Gasteiger partial charge in [-0.15, -0.1) is 0 Å². The van der Waals surface area contributed by atoms with Crippen LogP contribution in [0.2, 0.25) is 0 Å². The van der Waals surface area contributed by atoms with Crippen LogP contribution in [0.15, 0.2) is 0 Å². The predicted molar refractivity (Wildman–Crippen MR) is 78.2 cm³/mol. The van der Waals surface area contributed by atoms with Crippen molar-refractivity contribution in [2.24, 2.45) is 11.7 Å². The fourth-order valence-corrected chi connectivity index (χ4v) is 2.33. The van der Waals surface area contributed by atoms with Gasteiger partial charge in [-0.2, -0.15) is 0 Å². The summed E-state index contributed by atoms with van der Waals surface area (Å²) < 4.78 is 0. The number of aliphatic hydroxyl groups excluding tert-OH is 1. The number of carboxylic acid groups (broad SMARTS) is 1. The van der Waals surface area contributed by atoms with Gasteiger partial charge >= 0.3 is 5.97 Å². The standard InChI is InChI=1S/C15H29NO4/c1-2-3-4-5-6-7-8-9-10-12(15(19)20)13(17)11-14(16)18/h12-13,17H,2-11H2,1H3,(H2,16,18)(H,19,20). The minimum absolute atomic E-state index is 0.284. The molecule has 2 atom stereocenters. The Morgan fingerprint density at radius 1 is 1.00 bits per heavy atom. The lowest BCUT2D eigenvalue weighted by atomic mass is 9.93. The van der Waals surface area contributed by atoms with Crippen LogP contribution in [-0.4, -0.2) is 28.2 Å². The Bertz CT molecular complexity index is 281. The van der Waals surface area contributed by atoms with Crippen molar-refractivity contribution in [1.29, 1.82) is 0 Å². The highest BCUT2D eigenvalue weighted by Gasteiger charge is 2.27. The topological polar surface area (TPSA) is 101 Å². The van der Waals surface area contributed by atoms with E-state index in [0.717, 1.165) is 19.3 Å². The molecule has 0 aromatic rings. The second-order valence-electron chi connectivity index (χ2n) is 5.45. The molecule has 5 nitrogen and oxygen atoms in total. The highest BCUT2D eigenvalue weighted by molar-refractivity contribution is 5.76. The SMILES string of the molecule is CCCCCCCCCCC(C(=O)O)C(O)CC(N)=O. The molecular formula is C15H29NO4. The number of aliphatic hydroxyl groups is 1. The van der Waals surface area contributed by atoms with Crippen LogP contribution in [-0.2, 0) is 9.59 Å². The summed E-state index contributed by atoms with van der Waals surface area (Å²) in [6, 6.07) is 0. The molecule has 0 spiro atoms. The van der Waals surface area contributed by atoms with Crippen molar-refractivity contribution in [3.8, 4) is 0 Å². The lowest BCUT2D eigenvalue weighted by Crippen LogP contribution is -2.32. The molecule has 0 rings (SSSR count). The molecule has 0 aromatic heterocycles. The number of carboxylic acids is 1. The first kappa shape index (κ1) is 18.9. The Balaban J connectivity index is 3.76. The Morgan fingerprint density at radius 3 is 1.95 bits per heavy atom. The molecular weight excluding hydrogens is 258 g/mol. The molecule has 118 valence electrons. The third kappa shape index (κ3) is 9.78. The van der Waals surface area contributed by atoms with Gasteiger partial charge in [0.25, 0.3) is 0 Å². The van der Waals surface area contributed by atoms with Crippen LogP contribution in [0, 0.1) is 5.92 Å². The molecule has 20 heavy (non-hydrogen) atoms. The smallest absolute Gasteiger partial charge is 0.309 e. The van der Waals surface area contributed by atoms with Crippen LogP contribution in [0.3, 0.4) is 0 Å². The van der Waals surface area contributed by atoms with E-state index in [0.29, 0.717) is 6.42 Å². The first-order valence-electron chi connectivity index (χ1n) is 7.68. The number of amides is 1. The van der Waals surface area contributed by atoms with Crippen LogP contribution in [0.1, 0.15) is 71.1 Å². The number of carbonyl (C=O) groups is 2. The maximum atomic E-state index is 11.0. The number of hydrogen-bond acceptors (Lipinski definition) is 3. The molecule has 0 radical (unpaired) electrons. The molecule has 0 aromatic carbocycles. The van der Waals surface area contributed by atoms with Crippen molar-refractivity contribution in [2.75, 3.05) is 0 Å². The Hall–Kier alpha value is -1.10. The predicted octanol–water partition coefficient (Wildman–Crippen LogP) is 2.45. The summed E-state index contributed by atoms with van der Waals surface area (Å²) in [7, 11) is 0. The van der Waals surface area contributed by atoms with Crippen LogP contribution in [0.5, 0.6) is 0 Å². The first-order chi connectivity index (χ1) is 9.49. The zero-order valence-corrected chi connectivity index (χ0v) is 12.5. The molecule has 1 amide bonds. The molecule has 5 heteroatoms. The summed E-state index contributed by atoms with van der Waals surface area (Å²) in [6.07, 6.45) is 7.98. The minimum Gasteiger partial charge on any atom is -0.481 e. The van der Waals surface area contributed by atoms with Gasteiger partial charge in [0.15, 0.2) is 0 Å². The fraction of sp³-hybridized carbons (Fsp3) is 0.867. The van der Waals surface area contributed by atoms with Crippen molar-refractivity contribution in [2.45, 2.75) is 77.2 Å². The third-order valence-electron chi connectivity index (χ3n) is 3.56. The van der Waals surface area contributed by atoms with Crippen molar-refractivity contribution < 1.29 is 19.8 Å². The van der Waals surface area contributed by atoms with Gasteiger partial charge in [0.2, 0.25) is 5.91 Å². The van der Waals surface area contributed by atoms with Gasteiger partial charge in [0.1, 0.15) is 0 Å². The van der Waals surface area contributed by atoms with Crippen LogP contribution in [0.25, 0.3) is 0 Å². The highest BCUT2D eigenvalue weighted by Crippen LogP contribution is 2.18. The van der Waals surface area contributed by atoms with Gasteiger partial charge in [0.05, 0.1) is 18.4 Å². The maximum Gasteiger partial charge on any atom is 0.309 e. The average Bonchev–Trinajstić information content (AvgIpc) is 2.35. The minimum atomic E-state index is -1.17.